The second kappa shape index (κ2) is 7.09. The molecule has 124 valence electrons. The molecule has 1 heterocycles. The van der Waals surface area contributed by atoms with Gasteiger partial charge in [-0.05, 0) is 31.2 Å². The molecule has 5 heteroatoms. The van der Waals surface area contributed by atoms with Crippen molar-refractivity contribution in [3.8, 4) is 0 Å². The van der Waals surface area contributed by atoms with Gasteiger partial charge in [0, 0.05) is 36.6 Å². The SMILES string of the molecule is Cc1cccc(C(=O)N2CCN(C(=O)c3ccccc3S)CC2)c1. The lowest BCUT2D eigenvalue weighted by molar-refractivity contribution is 0.0533. The van der Waals surface area contributed by atoms with Crippen LogP contribution in [-0.4, -0.2) is 47.8 Å². The molecule has 24 heavy (non-hydrogen) atoms. The van der Waals surface area contributed by atoms with E-state index >= 15 is 0 Å². The third-order valence-corrected chi connectivity index (χ3v) is 4.64. The van der Waals surface area contributed by atoms with Crippen LogP contribution in [0.1, 0.15) is 26.3 Å². The largest absolute Gasteiger partial charge is 0.335 e. The highest BCUT2D eigenvalue weighted by Crippen LogP contribution is 2.17. The molecule has 0 radical (unpaired) electrons. The normalized spacial score (nSPS) is 14.6. The zero-order valence-corrected chi connectivity index (χ0v) is 14.5. The Hall–Kier alpha value is -2.27. The van der Waals surface area contributed by atoms with Crippen molar-refractivity contribution in [2.24, 2.45) is 0 Å². The van der Waals surface area contributed by atoms with E-state index < -0.39 is 0 Å². The minimum absolute atomic E-state index is 0.0248. The fraction of sp³-hybridized carbons (Fsp3) is 0.263. The second-order valence-corrected chi connectivity index (χ2v) is 6.45. The Morgan fingerprint density at radius 2 is 1.50 bits per heavy atom. The van der Waals surface area contributed by atoms with Gasteiger partial charge in [-0.15, -0.1) is 12.6 Å². The second-order valence-electron chi connectivity index (χ2n) is 5.97. The van der Waals surface area contributed by atoms with E-state index in [2.05, 4.69) is 12.6 Å². The van der Waals surface area contributed by atoms with Crippen LogP contribution >= 0.6 is 12.6 Å². The molecule has 1 aliphatic heterocycles. The molecule has 0 unspecified atom stereocenters. The molecule has 0 spiro atoms. The van der Waals surface area contributed by atoms with Gasteiger partial charge in [-0.3, -0.25) is 9.59 Å². The van der Waals surface area contributed by atoms with Gasteiger partial charge in [0.05, 0.1) is 5.56 Å². The first-order chi connectivity index (χ1) is 11.6. The third-order valence-electron chi connectivity index (χ3n) is 4.25. The molecule has 2 aromatic carbocycles. The molecule has 0 bridgehead atoms. The fourth-order valence-corrected chi connectivity index (χ4v) is 3.15. The monoisotopic (exact) mass is 340 g/mol. The molecule has 2 aromatic rings. The number of hydrogen-bond acceptors (Lipinski definition) is 3. The van der Waals surface area contributed by atoms with Crippen LogP contribution in [0.2, 0.25) is 0 Å². The van der Waals surface area contributed by atoms with Crippen LogP contribution in [0.3, 0.4) is 0 Å². The maximum atomic E-state index is 12.6. The summed E-state index contributed by atoms with van der Waals surface area (Å²) in [5.74, 6) is 0.00338. The number of carbonyl (C=O) groups is 2. The van der Waals surface area contributed by atoms with Crippen LogP contribution in [0.25, 0.3) is 0 Å². The number of piperazine rings is 1. The van der Waals surface area contributed by atoms with E-state index in [-0.39, 0.29) is 11.8 Å². The highest BCUT2D eigenvalue weighted by Gasteiger charge is 2.26. The first-order valence-electron chi connectivity index (χ1n) is 7.99. The average molecular weight is 340 g/mol. The zero-order chi connectivity index (χ0) is 17.1. The number of rotatable bonds is 2. The summed E-state index contributed by atoms with van der Waals surface area (Å²) in [6.07, 6.45) is 0. The summed E-state index contributed by atoms with van der Waals surface area (Å²) in [7, 11) is 0. The van der Waals surface area contributed by atoms with Gasteiger partial charge in [-0.1, -0.05) is 29.8 Å². The quantitative estimate of drug-likeness (QED) is 0.854. The van der Waals surface area contributed by atoms with Crippen LogP contribution < -0.4 is 0 Å². The zero-order valence-electron chi connectivity index (χ0n) is 13.6. The molecule has 0 atom stereocenters. The van der Waals surface area contributed by atoms with Crippen molar-refractivity contribution in [3.63, 3.8) is 0 Å². The minimum atomic E-state index is -0.0248. The highest BCUT2D eigenvalue weighted by atomic mass is 32.1. The Labute approximate surface area is 147 Å². The van der Waals surface area contributed by atoms with E-state index in [1.165, 1.54) is 0 Å². The van der Waals surface area contributed by atoms with E-state index in [4.69, 9.17) is 0 Å². The summed E-state index contributed by atoms with van der Waals surface area (Å²) in [5, 5.41) is 0. The first-order valence-corrected chi connectivity index (χ1v) is 8.44. The Balaban J connectivity index is 1.65. The Morgan fingerprint density at radius 3 is 2.12 bits per heavy atom. The summed E-state index contributed by atoms with van der Waals surface area (Å²) in [6, 6.07) is 14.9. The molecule has 0 aliphatic carbocycles. The summed E-state index contributed by atoms with van der Waals surface area (Å²) < 4.78 is 0. The van der Waals surface area contributed by atoms with Crippen molar-refractivity contribution in [1.29, 1.82) is 0 Å². The van der Waals surface area contributed by atoms with Crippen molar-refractivity contribution >= 4 is 24.4 Å². The molecule has 1 fully saturated rings. The van der Waals surface area contributed by atoms with Gasteiger partial charge < -0.3 is 9.80 Å². The summed E-state index contributed by atoms with van der Waals surface area (Å²) in [5.41, 5.74) is 2.38. The number of thiol groups is 1. The summed E-state index contributed by atoms with van der Waals surface area (Å²) in [4.78, 5) is 29.4. The van der Waals surface area contributed by atoms with Gasteiger partial charge in [0.25, 0.3) is 11.8 Å². The maximum absolute atomic E-state index is 12.6. The Bertz CT molecular complexity index is 767. The van der Waals surface area contributed by atoms with Crippen molar-refractivity contribution < 1.29 is 9.59 Å². The number of nitrogens with zero attached hydrogens (tertiary/aromatic N) is 2. The molecule has 0 aromatic heterocycles. The van der Waals surface area contributed by atoms with Crippen molar-refractivity contribution in [3.05, 3.63) is 65.2 Å². The summed E-state index contributed by atoms with van der Waals surface area (Å²) >= 11 is 4.35. The molecule has 4 nitrogen and oxygen atoms in total. The number of carbonyl (C=O) groups excluding carboxylic acids is 2. The number of benzene rings is 2. The van der Waals surface area contributed by atoms with Gasteiger partial charge >= 0.3 is 0 Å². The predicted molar refractivity (Wildman–Crippen MR) is 96.7 cm³/mol. The predicted octanol–water partition coefficient (Wildman–Crippen LogP) is 2.88. The third kappa shape index (κ3) is 3.46. The molecule has 3 rings (SSSR count). The molecule has 0 saturated carbocycles. The number of hydrogen-bond donors (Lipinski definition) is 1. The van der Waals surface area contributed by atoms with Crippen LogP contribution in [0, 0.1) is 6.92 Å². The van der Waals surface area contributed by atoms with Crippen molar-refractivity contribution in [1.82, 2.24) is 9.80 Å². The van der Waals surface area contributed by atoms with Crippen molar-refractivity contribution in [2.75, 3.05) is 26.2 Å². The van der Waals surface area contributed by atoms with Gasteiger partial charge in [0.1, 0.15) is 0 Å². The van der Waals surface area contributed by atoms with Gasteiger partial charge in [0.2, 0.25) is 0 Å². The van der Waals surface area contributed by atoms with Crippen molar-refractivity contribution in [2.45, 2.75) is 11.8 Å². The van der Waals surface area contributed by atoms with Gasteiger partial charge in [-0.2, -0.15) is 0 Å². The molecule has 1 aliphatic rings. The number of aryl methyl sites for hydroxylation is 1. The van der Waals surface area contributed by atoms with E-state index in [9.17, 15) is 9.59 Å². The Kier molecular flexibility index (Phi) is 4.90. The smallest absolute Gasteiger partial charge is 0.255 e. The van der Waals surface area contributed by atoms with E-state index in [0.29, 0.717) is 42.2 Å². The van der Waals surface area contributed by atoms with E-state index in [1.54, 1.807) is 11.0 Å². The minimum Gasteiger partial charge on any atom is -0.335 e. The van der Waals surface area contributed by atoms with Crippen LogP contribution in [0.15, 0.2) is 53.4 Å². The van der Waals surface area contributed by atoms with Crippen LogP contribution in [0.4, 0.5) is 0 Å². The van der Waals surface area contributed by atoms with Crippen LogP contribution in [0.5, 0.6) is 0 Å². The summed E-state index contributed by atoms with van der Waals surface area (Å²) in [6.45, 7) is 4.15. The molecule has 1 saturated heterocycles. The van der Waals surface area contributed by atoms with Gasteiger partial charge in [0.15, 0.2) is 0 Å². The van der Waals surface area contributed by atoms with E-state index in [1.807, 2.05) is 54.3 Å². The fourth-order valence-electron chi connectivity index (χ4n) is 2.90. The first kappa shape index (κ1) is 16.6. The lowest BCUT2D eigenvalue weighted by atomic mass is 10.1. The standard InChI is InChI=1S/C19H20N2O2S/c1-14-5-4-6-15(13-14)18(22)20-9-11-21(12-10-20)19(23)16-7-2-3-8-17(16)24/h2-8,13,24H,9-12H2,1H3. The highest BCUT2D eigenvalue weighted by molar-refractivity contribution is 7.80. The molecule has 0 N–H and O–H groups in total. The lowest BCUT2D eigenvalue weighted by Crippen LogP contribution is -2.50. The van der Waals surface area contributed by atoms with Gasteiger partial charge in [-0.25, -0.2) is 0 Å². The maximum Gasteiger partial charge on any atom is 0.255 e. The average Bonchev–Trinajstić information content (AvgIpc) is 2.61. The van der Waals surface area contributed by atoms with E-state index in [0.717, 1.165) is 5.56 Å². The number of amides is 2. The molecular weight excluding hydrogens is 320 g/mol. The topological polar surface area (TPSA) is 40.6 Å². The van der Waals surface area contributed by atoms with Crippen LogP contribution in [-0.2, 0) is 0 Å². The lowest BCUT2D eigenvalue weighted by Gasteiger charge is -2.35. The molecule has 2 amide bonds. The Morgan fingerprint density at radius 1 is 0.875 bits per heavy atom. The molecular formula is C19H20N2O2S.